The van der Waals surface area contributed by atoms with Crippen molar-refractivity contribution in [2.45, 2.75) is 70.9 Å². The SMILES string of the molecule is CC(NCC1(O)CCC(C)(C)CC1)C1CC1. The van der Waals surface area contributed by atoms with E-state index in [2.05, 4.69) is 26.1 Å². The first-order chi connectivity index (χ1) is 7.40. The van der Waals surface area contributed by atoms with Crippen molar-refractivity contribution < 1.29 is 5.11 Å². The average Bonchev–Trinajstić information content (AvgIpc) is 3.04. The van der Waals surface area contributed by atoms with Crippen molar-refractivity contribution in [2.75, 3.05) is 6.54 Å². The predicted octanol–water partition coefficient (Wildman–Crippen LogP) is 2.71. The Bertz CT molecular complexity index is 235. The molecule has 1 atom stereocenters. The smallest absolute Gasteiger partial charge is 0.0772 e. The molecule has 0 radical (unpaired) electrons. The second kappa shape index (κ2) is 4.30. The standard InChI is InChI=1S/C14H27NO/c1-11(12-4-5-12)15-10-14(16)8-6-13(2,3)7-9-14/h11-12,15-16H,4-10H2,1-3H3. The van der Waals surface area contributed by atoms with Gasteiger partial charge in [0.2, 0.25) is 0 Å². The molecule has 2 fully saturated rings. The first-order valence-electron chi connectivity index (χ1n) is 6.86. The summed E-state index contributed by atoms with van der Waals surface area (Å²) in [6, 6.07) is 0.596. The van der Waals surface area contributed by atoms with Gasteiger partial charge in [0.15, 0.2) is 0 Å². The molecular weight excluding hydrogens is 198 g/mol. The third kappa shape index (κ3) is 3.21. The van der Waals surface area contributed by atoms with E-state index in [4.69, 9.17) is 0 Å². The first-order valence-corrected chi connectivity index (χ1v) is 6.86. The topological polar surface area (TPSA) is 32.3 Å². The third-order valence-corrected chi connectivity index (χ3v) is 4.62. The zero-order valence-corrected chi connectivity index (χ0v) is 11.1. The molecule has 2 N–H and O–H groups in total. The van der Waals surface area contributed by atoms with Crippen molar-refractivity contribution >= 4 is 0 Å². The number of rotatable bonds is 4. The summed E-state index contributed by atoms with van der Waals surface area (Å²) in [5, 5.41) is 14.0. The van der Waals surface area contributed by atoms with Gasteiger partial charge in [-0.05, 0) is 56.8 Å². The minimum absolute atomic E-state index is 0.432. The van der Waals surface area contributed by atoms with Gasteiger partial charge < -0.3 is 10.4 Å². The van der Waals surface area contributed by atoms with Crippen LogP contribution in [-0.4, -0.2) is 23.3 Å². The molecule has 0 amide bonds. The Labute approximate surface area is 99.8 Å². The van der Waals surface area contributed by atoms with Crippen LogP contribution >= 0.6 is 0 Å². The van der Waals surface area contributed by atoms with E-state index in [9.17, 15) is 5.11 Å². The second-order valence-electron chi connectivity index (χ2n) is 6.90. The Morgan fingerprint density at radius 1 is 1.19 bits per heavy atom. The Morgan fingerprint density at radius 3 is 2.25 bits per heavy atom. The van der Waals surface area contributed by atoms with Crippen LogP contribution in [0.3, 0.4) is 0 Å². The summed E-state index contributed by atoms with van der Waals surface area (Å²) < 4.78 is 0. The van der Waals surface area contributed by atoms with Crippen molar-refractivity contribution in [2.24, 2.45) is 11.3 Å². The first kappa shape index (κ1) is 12.4. The Morgan fingerprint density at radius 2 is 1.75 bits per heavy atom. The largest absolute Gasteiger partial charge is 0.389 e. The Kier molecular flexibility index (Phi) is 3.33. The molecule has 0 aromatic carbocycles. The van der Waals surface area contributed by atoms with Crippen LogP contribution in [0.15, 0.2) is 0 Å². The molecule has 1 unspecified atom stereocenters. The van der Waals surface area contributed by atoms with Gasteiger partial charge in [-0.1, -0.05) is 13.8 Å². The van der Waals surface area contributed by atoms with E-state index in [0.29, 0.717) is 11.5 Å². The van der Waals surface area contributed by atoms with Crippen LogP contribution in [0.25, 0.3) is 0 Å². The summed E-state index contributed by atoms with van der Waals surface area (Å²) in [6.07, 6.45) is 6.99. The zero-order valence-electron chi connectivity index (χ0n) is 11.1. The van der Waals surface area contributed by atoms with Crippen LogP contribution in [-0.2, 0) is 0 Å². The highest BCUT2D eigenvalue weighted by molar-refractivity contribution is 4.92. The summed E-state index contributed by atoms with van der Waals surface area (Å²) in [5.74, 6) is 0.878. The maximum absolute atomic E-state index is 10.5. The van der Waals surface area contributed by atoms with Crippen LogP contribution in [0.1, 0.15) is 59.3 Å². The molecular formula is C14H27NO. The molecule has 0 bridgehead atoms. The van der Waals surface area contributed by atoms with Crippen molar-refractivity contribution in [3.05, 3.63) is 0 Å². The minimum atomic E-state index is -0.432. The van der Waals surface area contributed by atoms with Crippen molar-refractivity contribution in [1.29, 1.82) is 0 Å². The molecule has 2 aliphatic rings. The summed E-state index contributed by atoms with van der Waals surface area (Å²) in [4.78, 5) is 0. The maximum Gasteiger partial charge on any atom is 0.0772 e. The summed E-state index contributed by atoms with van der Waals surface area (Å²) in [6.45, 7) is 7.67. The number of nitrogens with one attached hydrogen (secondary N) is 1. The lowest BCUT2D eigenvalue weighted by Crippen LogP contribution is -2.47. The molecule has 16 heavy (non-hydrogen) atoms. The molecule has 2 heteroatoms. The molecule has 0 aliphatic heterocycles. The van der Waals surface area contributed by atoms with Crippen LogP contribution in [0.2, 0.25) is 0 Å². The van der Waals surface area contributed by atoms with Crippen molar-refractivity contribution in [1.82, 2.24) is 5.32 Å². The Hall–Kier alpha value is -0.0800. The van der Waals surface area contributed by atoms with Gasteiger partial charge in [0.25, 0.3) is 0 Å². The van der Waals surface area contributed by atoms with Crippen LogP contribution in [0.5, 0.6) is 0 Å². The van der Waals surface area contributed by atoms with Crippen molar-refractivity contribution in [3.8, 4) is 0 Å². The molecule has 2 aliphatic carbocycles. The molecule has 94 valence electrons. The molecule has 0 aromatic rings. The number of aliphatic hydroxyl groups is 1. The van der Waals surface area contributed by atoms with E-state index in [0.717, 1.165) is 38.1 Å². The van der Waals surface area contributed by atoms with Gasteiger partial charge in [0.1, 0.15) is 0 Å². The summed E-state index contributed by atoms with van der Waals surface area (Å²) >= 11 is 0. The molecule has 2 saturated carbocycles. The second-order valence-corrected chi connectivity index (χ2v) is 6.90. The van der Waals surface area contributed by atoms with E-state index in [1.807, 2.05) is 0 Å². The van der Waals surface area contributed by atoms with Gasteiger partial charge in [0.05, 0.1) is 5.60 Å². The average molecular weight is 225 g/mol. The quantitative estimate of drug-likeness (QED) is 0.771. The van der Waals surface area contributed by atoms with Gasteiger partial charge in [-0.15, -0.1) is 0 Å². The fraction of sp³-hybridized carbons (Fsp3) is 1.00. The summed E-state index contributed by atoms with van der Waals surface area (Å²) in [7, 11) is 0. The summed E-state index contributed by atoms with van der Waals surface area (Å²) in [5.41, 5.74) is 0.00695. The van der Waals surface area contributed by atoms with Gasteiger partial charge in [-0.25, -0.2) is 0 Å². The zero-order chi connectivity index (χ0) is 11.8. The fourth-order valence-electron chi connectivity index (χ4n) is 2.68. The minimum Gasteiger partial charge on any atom is -0.389 e. The molecule has 0 aromatic heterocycles. The van der Waals surface area contributed by atoms with Crippen LogP contribution < -0.4 is 5.32 Å². The predicted molar refractivity (Wildman–Crippen MR) is 67.4 cm³/mol. The van der Waals surface area contributed by atoms with E-state index < -0.39 is 5.60 Å². The molecule has 0 spiro atoms. The van der Waals surface area contributed by atoms with Gasteiger partial charge in [-0.3, -0.25) is 0 Å². The lowest BCUT2D eigenvalue weighted by Gasteiger charge is -2.40. The highest BCUT2D eigenvalue weighted by Crippen LogP contribution is 2.40. The normalized spacial score (nSPS) is 30.0. The monoisotopic (exact) mass is 225 g/mol. The number of hydrogen-bond acceptors (Lipinski definition) is 2. The maximum atomic E-state index is 10.5. The molecule has 2 nitrogen and oxygen atoms in total. The van der Waals surface area contributed by atoms with E-state index in [1.165, 1.54) is 12.8 Å². The van der Waals surface area contributed by atoms with E-state index in [-0.39, 0.29) is 0 Å². The lowest BCUT2D eigenvalue weighted by molar-refractivity contribution is -0.0261. The van der Waals surface area contributed by atoms with Gasteiger partial charge in [0, 0.05) is 12.6 Å². The van der Waals surface area contributed by atoms with Crippen LogP contribution in [0.4, 0.5) is 0 Å². The molecule has 0 heterocycles. The molecule has 2 rings (SSSR count). The van der Waals surface area contributed by atoms with Crippen LogP contribution in [0, 0.1) is 11.3 Å². The third-order valence-electron chi connectivity index (χ3n) is 4.62. The van der Waals surface area contributed by atoms with E-state index >= 15 is 0 Å². The Balaban J connectivity index is 1.75. The highest BCUT2D eigenvalue weighted by atomic mass is 16.3. The molecule has 0 saturated heterocycles. The lowest BCUT2D eigenvalue weighted by atomic mass is 9.71. The van der Waals surface area contributed by atoms with Gasteiger partial charge >= 0.3 is 0 Å². The van der Waals surface area contributed by atoms with Gasteiger partial charge in [-0.2, -0.15) is 0 Å². The highest BCUT2D eigenvalue weighted by Gasteiger charge is 2.37. The number of hydrogen-bond donors (Lipinski definition) is 2. The van der Waals surface area contributed by atoms with E-state index in [1.54, 1.807) is 0 Å². The van der Waals surface area contributed by atoms with Crippen molar-refractivity contribution in [3.63, 3.8) is 0 Å². The fourth-order valence-corrected chi connectivity index (χ4v) is 2.68.